The smallest absolute Gasteiger partial charge is 0.271 e. The van der Waals surface area contributed by atoms with E-state index >= 15 is 0 Å². The highest BCUT2D eigenvalue weighted by Crippen LogP contribution is 2.34. The number of rotatable bonds is 9. The topological polar surface area (TPSA) is 76.7 Å². The van der Waals surface area contributed by atoms with Crippen molar-refractivity contribution >= 4 is 22.9 Å². The van der Waals surface area contributed by atoms with Gasteiger partial charge in [-0.3, -0.25) is 9.59 Å². The van der Waals surface area contributed by atoms with Gasteiger partial charge < -0.3 is 23.9 Å². The summed E-state index contributed by atoms with van der Waals surface area (Å²) in [4.78, 5) is 28.4. The van der Waals surface area contributed by atoms with Crippen LogP contribution in [0.25, 0.3) is 11.1 Å². The van der Waals surface area contributed by atoms with Crippen LogP contribution in [-0.4, -0.2) is 53.6 Å². The molecule has 0 saturated heterocycles. The highest BCUT2D eigenvalue weighted by atomic mass is 16.5. The number of fused-ring (bicyclic) bond motifs is 3. The Hall–Kier alpha value is -2.28. The Morgan fingerprint density at radius 2 is 2.21 bits per heavy atom. The molecule has 2 amide bonds. The molecule has 1 aliphatic heterocycles. The summed E-state index contributed by atoms with van der Waals surface area (Å²) < 4.78 is 12.6. The third-order valence-electron chi connectivity index (χ3n) is 6.07. The van der Waals surface area contributed by atoms with Crippen LogP contribution in [0.1, 0.15) is 50.5 Å². The summed E-state index contributed by atoms with van der Waals surface area (Å²) in [5, 5.41) is 3.09. The van der Waals surface area contributed by atoms with Crippen molar-refractivity contribution in [2.45, 2.75) is 52.1 Å². The molecule has 0 aromatic carbocycles. The number of methoxy groups -OCH3 is 1. The molecule has 2 aromatic heterocycles. The van der Waals surface area contributed by atoms with Crippen LogP contribution in [0.3, 0.4) is 0 Å². The van der Waals surface area contributed by atoms with Crippen molar-refractivity contribution < 1.29 is 18.7 Å². The molecule has 2 aromatic rings. The largest absolute Gasteiger partial charge is 0.463 e. The summed E-state index contributed by atoms with van der Waals surface area (Å²) >= 11 is 0. The minimum atomic E-state index is -0.943. The highest BCUT2D eigenvalue weighted by molar-refractivity contribution is 6.03. The Morgan fingerprint density at radius 3 is 2.89 bits per heavy atom. The molecule has 0 saturated carbocycles. The zero-order valence-corrected chi connectivity index (χ0v) is 17.3. The van der Waals surface area contributed by atoms with E-state index in [1.165, 1.54) is 0 Å². The van der Waals surface area contributed by atoms with Gasteiger partial charge >= 0.3 is 0 Å². The second-order valence-electron chi connectivity index (χ2n) is 7.68. The van der Waals surface area contributed by atoms with Crippen molar-refractivity contribution in [3.8, 4) is 0 Å². The number of hydrogen-bond donors (Lipinski definition) is 1. The number of aromatic nitrogens is 1. The van der Waals surface area contributed by atoms with Crippen LogP contribution in [-0.2, 0) is 16.1 Å². The summed E-state index contributed by atoms with van der Waals surface area (Å²) in [6.45, 7) is 8.06. The summed E-state index contributed by atoms with van der Waals surface area (Å²) in [6, 6.07) is 3.61. The van der Waals surface area contributed by atoms with Gasteiger partial charge in [0, 0.05) is 32.3 Å². The minimum absolute atomic E-state index is 0.0984. The summed E-state index contributed by atoms with van der Waals surface area (Å²) in [5.41, 5.74) is 1.13. The van der Waals surface area contributed by atoms with Crippen LogP contribution in [0.2, 0.25) is 0 Å². The van der Waals surface area contributed by atoms with Gasteiger partial charge in [-0.25, -0.2) is 0 Å². The fourth-order valence-corrected chi connectivity index (χ4v) is 3.96. The third-order valence-corrected chi connectivity index (χ3v) is 6.07. The maximum absolute atomic E-state index is 13.4. The van der Waals surface area contributed by atoms with E-state index in [1.807, 2.05) is 17.6 Å². The van der Waals surface area contributed by atoms with Crippen LogP contribution in [0, 0.1) is 5.92 Å². The minimum Gasteiger partial charge on any atom is -0.463 e. The van der Waals surface area contributed by atoms with Gasteiger partial charge in [-0.1, -0.05) is 27.2 Å². The normalized spacial score (nSPS) is 20.4. The van der Waals surface area contributed by atoms with E-state index in [4.69, 9.17) is 9.15 Å². The van der Waals surface area contributed by atoms with Crippen LogP contribution in [0.15, 0.2) is 22.8 Å². The number of nitrogens with one attached hydrogen (secondary N) is 1. The number of carbonyl (C=O) groups is 2. The van der Waals surface area contributed by atoms with Crippen molar-refractivity contribution in [3.63, 3.8) is 0 Å². The lowest BCUT2D eigenvalue weighted by atomic mass is 9.89. The molecule has 154 valence electrons. The van der Waals surface area contributed by atoms with Crippen molar-refractivity contribution in [1.82, 2.24) is 14.8 Å². The van der Waals surface area contributed by atoms with E-state index in [9.17, 15) is 9.59 Å². The molecule has 0 spiro atoms. The van der Waals surface area contributed by atoms with Gasteiger partial charge in [0.2, 0.25) is 5.91 Å². The molecule has 3 heterocycles. The van der Waals surface area contributed by atoms with Crippen LogP contribution in [0.4, 0.5) is 0 Å². The first-order valence-electron chi connectivity index (χ1n) is 10.1. The van der Waals surface area contributed by atoms with Gasteiger partial charge in [0.05, 0.1) is 24.9 Å². The quantitative estimate of drug-likeness (QED) is 0.715. The third kappa shape index (κ3) is 3.43. The van der Waals surface area contributed by atoms with E-state index in [0.717, 1.165) is 18.4 Å². The van der Waals surface area contributed by atoms with Gasteiger partial charge in [0.1, 0.15) is 11.2 Å². The second-order valence-corrected chi connectivity index (χ2v) is 7.68. The van der Waals surface area contributed by atoms with Crippen molar-refractivity contribution in [3.05, 3.63) is 24.1 Å². The fraction of sp³-hybridized carbons (Fsp3) is 0.619. The number of nitrogens with zero attached hydrogens (tertiary/aromatic N) is 2. The molecule has 28 heavy (non-hydrogen) atoms. The van der Waals surface area contributed by atoms with Crippen LogP contribution in [0.5, 0.6) is 0 Å². The molecule has 7 heteroatoms. The summed E-state index contributed by atoms with van der Waals surface area (Å²) in [5.74, 6) is 0.296. The first-order chi connectivity index (χ1) is 13.5. The van der Waals surface area contributed by atoms with Gasteiger partial charge in [-0.2, -0.15) is 0 Å². The van der Waals surface area contributed by atoms with Crippen LogP contribution >= 0.6 is 0 Å². The predicted molar refractivity (Wildman–Crippen MR) is 107 cm³/mol. The SMILES string of the molecule is CCC(C)CCNC(=O)C1(CC)Cn2c(cc3occc32)C(=O)N1CCOC. The first-order valence-corrected chi connectivity index (χ1v) is 10.1. The van der Waals surface area contributed by atoms with Crippen molar-refractivity contribution in [1.29, 1.82) is 0 Å². The van der Waals surface area contributed by atoms with E-state index in [0.29, 0.717) is 49.9 Å². The lowest BCUT2D eigenvalue weighted by Gasteiger charge is -2.45. The molecule has 2 atom stereocenters. The molecule has 2 unspecified atom stereocenters. The number of furan rings is 1. The van der Waals surface area contributed by atoms with Gasteiger partial charge in [0.25, 0.3) is 5.91 Å². The lowest BCUT2D eigenvalue weighted by Crippen LogP contribution is -2.66. The average Bonchev–Trinajstić information content (AvgIpc) is 3.28. The molecule has 1 N–H and O–H groups in total. The molecule has 1 aliphatic rings. The molecule has 7 nitrogen and oxygen atoms in total. The molecule has 3 rings (SSSR count). The Balaban J connectivity index is 1.94. The monoisotopic (exact) mass is 389 g/mol. The highest BCUT2D eigenvalue weighted by Gasteiger charge is 2.49. The number of ether oxygens (including phenoxy) is 1. The zero-order valence-electron chi connectivity index (χ0n) is 17.3. The van der Waals surface area contributed by atoms with Crippen LogP contribution < -0.4 is 5.32 Å². The van der Waals surface area contributed by atoms with Crippen molar-refractivity contribution in [2.75, 3.05) is 26.8 Å². The molecule has 0 fully saturated rings. The molecule has 0 radical (unpaired) electrons. The Labute approximate surface area is 166 Å². The summed E-state index contributed by atoms with van der Waals surface area (Å²) in [6.07, 6.45) is 4.14. The van der Waals surface area contributed by atoms with Crippen molar-refractivity contribution in [2.24, 2.45) is 5.92 Å². The molecular weight excluding hydrogens is 358 g/mol. The maximum atomic E-state index is 13.4. The number of carbonyl (C=O) groups excluding carboxylic acids is 2. The number of amides is 2. The Morgan fingerprint density at radius 1 is 1.43 bits per heavy atom. The average molecular weight is 389 g/mol. The maximum Gasteiger partial charge on any atom is 0.271 e. The lowest BCUT2D eigenvalue weighted by molar-refractivity contribution is -0.134. The molecule has 0 bridgehead atoms. The Bertz CT molecular complexity index is 840. The van der Waals surface area contributed by atoms with Gasteiger partial charge in [-0.15, -0.1) is 0 Å². The zero-order chi connectivity index (χ0) is 20.3. The van der Waals surface area contributed by atoms with E-state index in [1.54, 1.807) is 24.3 Å². The van der Waals surface area contributed by atoms with E-state index < -0.39 is 5.54 Å². The van der Waals surface area contributed by atoms with E-state index in [2.05, 4.69) is 19.2 Å². The molecule has 0 aliphatic carbocycles. The van der Waals surface area contributed by atoms with E-state index in [-0.39, 0.29) is 11.8 Å². The van der Waals surface area contributed by atoms with Gasteiger partial charge in [-0.05, 0) is 18.8 Å². The number of hydrogen-bond acceptors (Lipinski definition) is 4. The second kappa shape index (κ2) is 8.39. The van der Waals surface area contributed by atoms with Gasteiger partial charge in [0.15, 0.2) is 5.58 Å². The Kier molecular flexibility index (Phi) is 6.13. The molecular formula is C21H31N3O4. The fourth-order valence-electron chi connectivity index (χ4n) is 3.96. The first kappa shape index (κ1) is 20.5. The summed E-state index contributed by atoms with van der Waals surface area (Å²) in [7, 11) is 1.60. The standard InChI is InChI=1S/C21H31N3O4/c1-5-15(3)7-9-22-20(26)21(6-2)14-23-16-8-11-28-18(16)13-17(23)19(25)24(21)10-12-27-4/h8,11,13,15H,5-7,9-10,12,14H2,1-4H3,(H,22,26). The predicted octanol–water partition coefficient (Wildman–Crippen LogP) is 3.04.